The first-order valence-electron chi connectivity index (χ1n) is 17.4. The van der Waals surface area contributed by atoms with Crippen LogP contribution in [0.1, 0.15) is 0 Å². The van der Waals surface area contributed by atoms with Crippen molar-refractivity contribution in [1.29, 1.82) is 0 Å². The molecule has 0 amide bonds. The summed E-state index contributed by atoms with van der Waals surface area (Å²) < 4.78 is 15.3. The molecule has 0 saturated heterocycles. The molecule has 0 aliphatic rings. The van der Waals surface area contributed by atoms with Crippen molar-refractivity contribution in [2.45, 2.75) is 0 Å². The molecule has 252 valence electrons. The first-order chi connectivity index (χ1) is 25.7. The number of rotatable bonds is 2. The van der Waals surface area contributed by atoms with Crippen LogP contribution >= 0.6 is 0 Å². The first kappa shape index (κ1) is 31.5. The smallest absolute Gasteiger partial charge is 0.498 e. The minimum atomic E-state index is 0. The van der Waals surface area contributed by atoms with Gasteiger partial charge in [-0.15, -0.1) is 18.2 Å². The summed E-state index contributed by atoms with van der Waals surface area (Å²) in [6.07, 6.45) is 3.27. The van der Waals surface area contributed by atoms with Gasteiger partial charge in [0.1, 0.15) is 5.58 Å². The standard InChI is InChI=1S/C32H18N3O.C14H11N2.Ir/c1-34-27-15-5-3-13-25(27)33-32(34)24-12-7-11-22-23-17-16-21-20-10-6-9-19-18-8-2-4-14-26(18)35(28(19)20)29(21)31(23)36-30(22)24;1-15-11-16(12-7-3-2-4-8-12)14-10-6-5-9-13(14)15;/h2-11,13-17H,1H3;2-7,9-10H,1H3;/q2*-1;+3. The maximum absolute atomic E-state index is 6.81. The zero-order valence-electron chi connectivity index (χ0n) is 28.8. The average molecular weight is 860 g/mol. The Kier molecular flexibility index (Phi) is 7.06. The Bertz CT molecular complexity index is 3330. The van der Waals surface area contributed by atoms with Gasteiger partial charge in [-0.2, -0.15) is 30.3 Å². The zero-order chi connectivity index (χ0) is 34.5. The van der Waals surface area contributed by atoms with Crippen LogP contribution in [0.4, 0.5) is 0 Å². The summed E-state index contributed by atoms with van der Waals surface area (Å²) in [4.78, 5) is 4.94. The number of furan rings is 1. The fourth-order valence-corrected chi connectivity index (χ4v) is 8.13. The molecule has 0 unspecified atom stereocenters. The normalized spacial score (nSPS) is 11.8. The van der Waals surface area contributed by atoms with Crippen molar-refractivity contribution < 1.29 is 29.1 Å². The Balaban J connectivity index is 0.000000173. The number of nitrogens with zero attached hydrogens (tertiary/aromatic N) is 5. The van der Waals surface area contributed by atoms with Crippen LogP contribution in [0.2, 0.25) is 0 Å². The van der Waals surface area contributed by atoms with Crippen molar-refractivity contribution in [2.24, 2.45) is 14.1 Å². The molecule has 0 atom stereocenters. The fraction of sp³-hybridized carbons (Fsp3) is 0.0435. The second-order valence-corrected chi connectivity index (χ2v) is 13.3. The van der Waals surface area contributed by atoms with E-state index in [-0.39, 0.29) is 20.1 Å². The van der Waals surface area contributed by atoms with Crippen molar-refractivity contribution in [1.82, 2.24) is 18.5 Å². The molecule has 12 rings (SSSR count). The molecule has 0 aliphatic carbocycles. The summed E-state index contributed by atoms with van der Waals surface area (Å²) in [7, 11) is 4.05. The predicted octanol–water partition coefficient (Wildman–Crippen LogP) is 10.1. The molecule has 5 heterocycles. The average Bonchev–Trinajstić information content (AvgIpc) is 4.00. The number of benzene rings is 7. The third kappa shape index (κ3) is 4.48. The van der Waals surface area contributed by atoms with Gasteiger partial charge >= 0.3 is 20.1 Å². The van der Waals surface area contributed by atoms with Crippen LogP contribution in [0.5, 0.6) is 0 Å². The molecule has 0 bridgehead atoms. The molecular weight excluding hydrogens is 831 g/mol. The van der Waals surface area contributed by atoms with E-state index in [9.17, 15) is 0 Å². The molecule has 0 radical (unpaired) electrons. The molecule has 0 N–H and O–H groups in total. The fourth-order valence-electron chi connectivity index (χ4n) is 8.13. The molecule has 5 aromatic heterocycles. The van der Waals surface area contributed by atoms with E-state index >= 15 is 0 Å². The number of aromatic nitrogens is 5. The van der Waals surface area contributed by atoms with Crippen molar-refractivity contribution in [3.63, 3.8) is 0 Å². The molecule has 0 spiro atoms. The minimum absolute atomic E-state index is 0. The quantitative estimate of drug-likeness (QED) is 0.128. The Morgan fingerprint density at radius 2 is 1.26 bits per heavy atom. The minimum Gasteiger partial charge on any atom is -0.498 e. The molecule has 12 aromatic rings. The van der Waals surface area contributed by atoms with Gasteiger partial charge in [-0.25, -0.2) is 0 Å². The molecule has 6 nitrogen and oxygen atoms in total. The van der Waals surface area contributed by atoms with Gasteiger partial charge in [0.2, 0.25) is 6.33 Å². The van der Waals surface area contributed by atoms with Crippen LogP contribution in [-0.2, 0) is 34.2 Å². The Morgan fingerprint density at radius 1 is 0.585 bits per heavy atom. The first-order valence-corrected chi connectivity index (χ1v) is 17.4. The Hall–Kier alpha value is -6.27. The van der Waals surface area contributed by atoms with Crippen LogP contribution in [-0.4, -0.2) is 18.5 Å². The molecule has 0 saturated carbocycles. The number of imidazole rings is 2. The summed E-state index contributed by atoms with van der Waals surface area (Å²) in [6.45, 7) is 0. The summed E-state index contributed by atoms with van der Waals surface area (Å²) in [5.41, 5.74) is 11.6. The largest absolute Gasteiger partial charge is 3.00 e. The van der Waals surface area contributed by atoms with Crippen molar-refractivity contribution in [2.75, 3.05) is 0 Å². The SMILES string of the molecule is C[n+]1[c-]n(-c2[c-]cccc2)c2ccccc21.Cn1c(-c2[c-]ccc3c2oc2c3ccc3c4cccc5c6ccccc6n(c54)c32)nc2ccccc21.[Ir+3]. The summed E-state index contributed by atoms with van der Waals surface area (Å²) in [5.74, 6) is 0.856. The number of hydrogen-bond donors (Lipinski definition) is 0. The molecule has 0 aliphatic heterocycles. The van der Waals surface area contributed by atoms with Crippen molar-refractivity contribution >= 4 is 82.1 Å². The van der Waals surface area contributed by atoms with Crippen LogP contribution in [0, 0.1) is 18.5 Å². The van der Waals surface area contributed by atoms with Crippen molar-refractivity contribution in [3.8, 4) is 17.1 Å². The maximum atomic E-state index is 6.81. The molecule has 53 heavy (non-hydrogen) atoms. The molecular formula is C46H29IrN5O+. The number of fused-ring (bicyclic) bond motifs is 12. The second-order valence-electron chi connectivity index (χ2n) is 13.3. The van der Waals surface area contributed by atoms with E-state index in [0.29, 0.717) is 0 Å². The molecule has 7 aromatic carbocycles. The summed E-state index contributed by atoms with van der Waals surface area (Å²) >= 11 is 0. The van der Waals surface area contributed by atoms with E-state index in [4.69, 9.17) is 9.40 Å². The monoisotopic (exact) mass is 860 g/mol. The van der Waals surface area contributed by atoms with Gasteiger partial charge in [-0.3, -0.25) is 4.98 Å². The topological polar surface area (TPSA) is 44.2 Å². The van der Waals surface area contributed by atoms with Gasteiger partial charge in [-0.05, 0) is 18.2 Å². The third-order valence-corrected chi connectivity index (χ3v) is 10.5. The van der Waals surface area contributed by atoms with E-state index < -0.39 is 0 Å². The summed E-state index contributed by atoms with van der Waals surface area (Å²) in [5, 5.41) is 7.19. The second kappa shape index (κ2) is 11.9. The van der Waals surface area contributed by atoms with E-state index in [1.165, 1.54) is 38.1 Å². The van der Waals surface area contributed by atoms with E-state index in [1.54, 1.807) is 0 Å². The van der Waals surface area contributed by atoms with Crippen LogP contribution in [0.25, 0.3) is 99.2 Å². The van der Waals surface area contributed by atoms with Crippen LogP contribution in [0.15, 0.2) is 144 Å². The van der Waals surface area contributed by atoms with Crippen LogP contribution in [0.3, 0.4) is 0 Å². The van der Waals surface area contributed by atoms with Gasteiger partial charge < -0.3 is 22.5 Å². The van der Waals surface area contributed by atoms with E-state index in [0.717, 1.165) is 61.1 Å². The zero-order valence-corrected chi connectivity index (χ0v) is 31.2. The molecule has 7 heteroatoms. The number of hydrogen-bond acceptors (Lipinski definition) is 2. The van der Waals surface area contributed by atoms with E-state index in [1.807, 2.05) is 76.8 Å². The number of aryl methyl sites for hydroxylation is 2. The Morgan fingerprint density at radius 3 is 2.09 bits per heavy atom. The van der Waals surface area contributed by atoms with Crippen LogP contribution < -0.4 is 4.57 Å². The number of para-hydroxylation sites is 7. The van der Waals surface area contributed by atoms with Gasteiger partial charge in [0, 0.05) is 34.0 Å². The Labute approximate surface area is 317 Å². The van der Waals surface area contributed by atoms with Gasteiger partial charge in [0.05, 0.1) is 57.1 Å². The van der Waals surface area contributed by atoms with Gasteiger partial charge in [0.15, 0.2) is 0 Å². The van der Waals surface area contributed by atoms with Gasteiger partial charge in [0.25, 0.3) is 0 Å². The van der Waals surface area contributed by atoms with Crippen molar-refractivity contribution in [3.05, 3.63) is 158 Å². The van der Waals surface area contributed by atoms with Gasteiger partial charge in [-0.1, -0.05) is 102 Å². The summed E-state index contributed by atoms with van der Waals surface area (Å²) in [6, 6.07) is 54.8. The maximum Gasteiger partial charge on any atom is 3.00 e. The van der Waals surface area contributed by atoms with E-state index in [2.05, 4.69) is 113 Å². The third-order valence-electron chi connectivity index (χ3n) is 10.5. The predicted molar refractivity (Wildman–Crippen MR) is 209 cm³/mol. The molecule has 0 fully saturated rings.